The Labute approximate surface area is 202 Å². The quantitative estimate of drug-likeness (QED) is 0.540. The molecule has 10 heteroatoms. The van der Waals surface area contributed by atoms with Crippen molar-refractivity contribution in [2.24, 2.45) is 0 Å². The molecule has 0 radical (unpaired) electrons. The van der Waals surface area contributed by atoms with Gasteiger partial charge in [-0.05, 0) is 59.2 Å². The van der Waals surface area contributed by atoms with E-state index in [0.29, 0.717) is 31.8 Å². The van der Waals surface area contributed by atoms with E-state index in [-0.39, 0.29) is 29.7 Å². The van der Waals surface area contributed by atoms with Crippen LogP contribution in [0.15, 0.2) is 42.7 Å². The standard InChI is InChI=1S/C25H26FN7O2/c1-16(18-4-6-19(7-5-18)33-15-28-29-30-33)25(34)32-11-10-31-13-23(35-14-20(31)12-32)21-8-9-22(26)24(27-3)17(21)2/h4-9,15-16,20,23H,10-14H2,1-2H3/t16?,20-,23-/m0/s1. The fraction of sp³-hybridized carbons (Fsp3) is 0.400. The molecular weight excluding hydrogens is 449 g/mol. The van der Waals surface area contributed by atoms with Crippen molar-refractivity contribution in [3.63, 3.8) is 0 Å². The highest BCUT2D eigenvalue weighted by Crippen LogP contribution is 2.34. The van der Waals surface area contributed by atoms with Crippen molar-refractivity contribution >= 4 is 11.6 Å². The van der Waals surface area contributed by atoms with Gasteiger partial charge in [-0.1, -0.05) is 18.2 Å². The summed E-state index contributed by atoms with van der Waals surface area (Å²) in [6.07, 6.45) is 1.31. The van der Waals surface area contributed by atoms with Gasteiger partial charge in [-0.25, -0.2) is 13.9 Å². The molecule has 35 heavy (non-hydrogen) atoms. The summed E-state index contributed by atoms with van der Waals surface area (Å²) in [7, 11) is 0. The predicted octanol–water partition coefficient (Wildman–Crippen LogP) is 3.05. The third-order valence-electron chi connectivity index (χ3n) is 7.07. The maximum atomic E-state index is 13.9. The average molecular weight is 476 g/mol. The normalized spacial score (nSPS) is 21.3. The van der Waals surface area contributed by atoms with Crippen molar-refractivity contribution in [2.75, 3.05) is 32.8 Å². The first-order valence-electron chi connectivity index (χ1n) is 11.6. The zero-order valence-electron chi connectivity index (χ0n) is 19.6. The number of hydrogen-bond donors (Lipinski definition) is 0. The molecule has 2 saturated heterocycles. The van der Waals surface area contributed by atoms with Gasteiger partial charge >= 0.3 is 0 Å². The van der Waals surface area contributed by atoms with Crippen LogP contribution in [0, 0.1) is 19.3 Å². The number of amides is 1. The second kappa shape index (κ2) is 9.52. The number of ether oxygens (including phenoxy) is 1. The molecule has 1 amide bonds. The summed E-state index contributed by atoms with van der Waals surface area (Å²) in [4.78, 5) is 20.9. The smallest absolute Gasteiger partial charge is 0.229 e. The van der Waals surface area contributed by atoms with E-state index in [4.69, 9.17) is 11.3 Å². The minimum absolute atomic E-state index is 0.0589. The molecule has 3 aromatic rings. The molecular formula is C25H26FN7O2. The molecule has 3 heterocycles. The van der Waals surface area contributed by atoms with Crippen LogP contribution in [0.2, 0.25) is 0 Å². The lowest BCUT2D eigenvalue weighted by Gasteiger charge is -2.46. The number of morpholine rings is 1. The number of tetrazole rings is 1. The van der Waals surface area contributed by atoms with E-state index in [2.05, 4.69) is 25.3 Å². The van der Waals surface area contributed by atoms with Gasteiger partial charge in [0.2, 0.25) is 11.6 Å². The van der Waals surface area contributed by atoms with Gasteiger partial charge in [-0.2, -0.15) is 0 Å². The minimum Gasteiger partial charge on any atom is -0.371 e. The summed E-state index contributed by atoms with van der Waals surface area (Å²) in [5, 5.41) is 11.2. The third-order valence-corrected chi connectivity index (χ3v) is 7.07. The van der Waals surface area contributed by atoms with Crippen LogP contribution in [0.4, 0.5) is 10.1 Å². The molecule has 1 aromatic heterocycles. The lowest BCUT2D eigenvalue weighted by Crippen LogP contribution is -2.60. The van der Waals surface area contributed by atoms with Gasteiger partial charge in [0.05, 0.1) is 36.9 Å². The molecule has 3 atom stereocenters. The number of carbonyl (C=O) groups is 1. The molecule has 0 bridgehead atoms. The number of aromatic nitrogens is 4. The lowest BCUT2D eigenvalue weighted by molar-refractivity contribution is -0.141. The summed E-state index contributed by atoms with van der Waals surface area (Å²) in [5.41, 5.74) is 3.33. The first-order valence-corrected chi connectivity index (χ1v) is 11.6. The van der Waals surface area contributed by atoms with E-state index in [9.17, 15) is 9.18 Å². The first-order chi connectivity index (χ1) is 17.0. The van der Waals surface area contributed by atoms with Gasteiger partial charge in [0.1, 0.15) is 12.1 Å². The highest BCUT2D eigenvalue weighted by atomic mass is 19.1. The SMILES string of the molecule is [C-]#[N+]c1c(F)ccc([C@@H]2CN3CCN(C(=O)C(C)c4ccc(-n5cnnn5)cc4)C[C@H]3CO2)c1C. The van der Waals surface area contributed by atoms with E-state index in [1.807, 2.05) is 36.1 Å². The van der Waals surface area contributed by atoms with Crippen molar-refractivity contribution in [1.29, 1.82) is 0 Å². The van der Waals surface area contributed by atoms with Gasteiger partial charge in [-0.3, -0.25) is 9.69 Å². The van der Waals surface area contributed by atoms with Gasteiger partial charge in [0, 0.05) is 26.2 Å². The molecule has 180 valence electrons. The van der Waals surface area contributed by atoms with Crippen molar-refractivity contribution in [3.05, 3.63) is 76.7 Å². The van der Waals surface area contributed by atoms with Crippen LogP contribution in [-0.2, 0) is 9.53 Å². The van der Waals surface area contributed by atoms with Crippen LogP contribution in [0.3, 0.4) is 0 Å². The van der Waals surface area contributed by atoms with E-state index in [0.717, 1.165) is 23.4 Å². The molecule has 0 aliphatic carbocycles. The fourth-order valence-corrected chi connectivity index (χ4v) is 4.95. The number of halogens is 1. The number of carbonyl (C=O) groups excluding carboxylic acids is 1. The molecule has 0 spiro atoms. The molecule has 2 aliphatic heterocycles. The maximum Gasteiger partial charge on any atom is 0.229 e. The number of piperazine rings is 1. The molecule has 5 rings (SSSR count). The average Bonchev–Trinajstić information content (AvgIpc) is 3.43. The van der Waals surface area contributed by atoms with E-state index in [1.54, 1.807) is 17.7 Å². The Kier molecular flexibility index (Phi) is 6.28. The first kappa shape index (κ1) is 23.1. The lowest BCUT2D eigenvalue weighted by atomic mass is 9.96. The Hall–Kier alpha value is -3.68. The number of benzene rings is 2. The Morgan fingerprint density at radius 3 is 2.71 bits per heavy atom. The Bertz CT molecular complexity index is 1260. The van der Waals surface area contributed by atoms with Crippen molar-refractivity contribution in [2.45, 2.75) is 31.9 Å². The van der Waals surface area contributed by atoms with Crippen LogP contribution in [0.1, 0.15) is 35.6 Å². The zero-order chi connectivity index (χ0) is 24.5. The molecule has 9 nitrogen and oxygen atoms in total. The molecule has 0 saturated carbocycles. The van der Waals surface area contributed by atoms with Crippen molar-refractivity contribution < 1.29 is 13.9 Å². The Morgan fingerprint density at radius 1 is 1.20 bits per heavy atom. The van der Waals surface area contributed by atoms with E-state index in [1.165, 1.54) is 12.4 Å². The van der Waals surface area contributed by atoms with Crippen LogP contribution < -0.4 is 0 Å². The van der Waals surface area contributed by atoms with Gasteiger partial charge in [0.25, 0.3) is 0 Å². The summed E-state index contributed by atoms with van der Waals surface area (Å²) < 4.78 is 21.7. The highest BCUT2D eigenvalue weighted by molar-refractivity contribution is 5.83. The second-order valence-corrected chi connectivity index (χ2v) is 9.04. The Morgan fingerprint density at radius 2 is 2.00 bits per heavy atom. The molecule has 1 unspecified atom stereocenters. The molecule has 2 fully saturated rings. The zero-order valence-corrected chi connectivity index (χ0v) is 19.6. The predicted molar refractivity (Wildman–Crippen MR) is 126 cm³/mol. The number of rotatable bonds is 4. The summed E-state index contributed by atoms with van der Waals surface area (Å²) >= 11 is 0. The molecule has 0 N–H and O–H groups in total. The summed E-state index contributed by atoms with van der Waals surface area (Å²) in [6.45, 7) is 14.1. The fourth-order valence-electron chi connectivity index (χ4n) is 4.95. The van der Waals surface area contributed by atoms with Crippen LogP contribution in [-0.4, -0.2) is 74.7 Å². The van der Waals surface area contributed by atoms with Crippen LogP contribution in [0.25, 0.3) is 10.5 Å². The molecule has 2 aliphatic rings. The van der Waals surface area contributed by atoms with Crippen LogP contribution >= 0.6 is 0 Å². The van der Waals surface area contributed by atoms with Gasteiger partial charge in [0.15, 0.2) is 0 Å². The number of hydrogen-bond acceptors (Lipinski definition) is 6. The Balaban J connectivity index is 1.22. The number of nitrogens with zero attached hydrogens (tertiary/aromatic N) is 7. The summed E-state index contributed by atoms with van der Waals surface area (Å²) in [6, 6.07) is 10.9. The van der Waals surface area contributed by atoms with Crippen molar-refractivity contribution in [3.8, 4) is 5.69 Å². The highest BCUT2D eigenvalue weighted by Gasteiger charge is 2.37. The monoisotopic (exact) mass is 475 g/mol. The maximum absolute atomic E-state index is 13.9. The van der Waals surface area contributed by atoms with Gasteiger partial charge < -0.3 is 9.64 Å². The third kappa shape index (κ3) is 4.40. The topological polar surface area (TPSA) is 80.7 Å². The van der Waals surface area contributed by atoms with E-state index < -0.39 is 5.82 Å². The largest absolute Gasteiger partial charge is 0.371 e. The van der Waals surface area contributed by atoms with E-state index >= 15 is 0 Å². The minimum atomic E-state index is -0.499. The second-order valence-electron chi connectivity index (χ2n) is 9.04. The van der Waals surface area contributed by atoms with Gasteiger partial charge in [-0.15, -0.1) is 5.10 Å². The van der Waals surface area contributed by atoms with Crippen molar-refractivity contribution in [1.82, 2.24) is 30.0 Å². The number of fused-ring (bicyclic) bond motifs is 1. The molecule has 2 aromatic carbocycles. The summed E-state index contributed by atoms with van der Waals surface area (Å²) in [5.74, 6) is -0.671. The van der Waals surface area contributed by atoms with Crippen LogP contribution in [0.5, 0.6) is 0 Å².